The molecule has 1 aromatic rings. The van der Waals surface area contributed by atoms with Crippen molar-refractivity contribution in [1.82, 2.24) is 0 Å². The molecule has 0 radical (unpaired) electrons. The number of rotatable bonds is 3. The van der Waals surface area contributed by atoms with Gasteiger partial charge in [0.15, 0.2) is 0 Å². The largest absolute Gasteiger partial charge is 0.490 e. The molecule has 0 aromatic heterocycles. The van der Waals surface area contributed by atoms with E-state index < -0.39 is 0 Å². The molecule has 0 heterocycles. The Balaban J connectivity index is 1.74. The minimum Gasteiger partial charge on any atom is -0.490 e. The number of nitrogens with two attached hydrogens (primary N) is 1. The van der Waals surface area contributed by atoms with Crippen molar-refractivity contribution in [3.63, 3.8) is 0 Å². The van der Waals surface area contributed by atoms with E-state index in [1.807, 2.05) is 0 Å². The van der Waals surface area contributed by atoms with Gasteiger partial charge in [-0.25, -0.2) is 0 Å². The van der Waals surface area contributed by atoms with Crippen LogP contribution in [0, 0.1) is 0 Å². The Hall–Kier alpha value is -1.02. The molecule has 0 amide bonds. The molecule has 3 rings (SSSR count). The molecule has 2 saturated carbocycles. The summed E-state index contributed by atoms with van der Waals surface area (Å²) in [5.41, 5.74) is 7.75. The molecule has 2 nitrogen and oxygen atoms in total. The lowest BCUT2D eigenvalue weighted by Gasteiger charge is -2.34. The standard InChI is InChI=1S/C17H25NO/c18-17(11-4-1-5-12-17)14-7-6-10-16(13-14)19-15-8-2-3-9-15/h6-7,10,13,15H,1-5,8-9,11-12,18H2. The molecule has 2 heteroatoms. The van der Waals surface area contributed by atoms with Gasteiger partial charge in [0, 0.05) is 5.54 Å². The quantitative estimate of drug-likeness (QED) is 0.886. The van der Waals surface area contributed by atoms with Gasteiger partial charge in [-0.3, -0.25) is 0 Å². The zero-order valence-electron chi connectivity index (χ0n) is 11.7. The second-order valence-electron chi connectivity index (χ2n) is 6.27. The first-order valence-corrected chi connectivity index (χ1v) is 7.82. The first-order valence-electron chi connectivity index (χ1n) is 7.82. The molecule has 0 unspecified atom stereocenters. The molecule has 104 valence electrons. The van der Waals surface area contributed by atoms with Gasteiger partial charge in [0.05, 0.1) is 6.10 Å². The van der Waals surface area contributed by atoms with Crippen LogP contribution < -0.4 is 10.5 Å². The van der Waals surface area contributed by atoms with Gasteiger partial charge in [-0.05, 0) is 56.2 Å². The normalized spacial score (nSPS) is 23.4. The van der Waals surface area contributed by atoms with E-state index in [4.69, 9.17) is 10.5 Å². The van der Waals surface area contributed by atoms with Gasteiger partial charge in [-0.15, -0.1) is 0 Å². The molecule has 2 fully saturated rings. The van der Waals surface area contributed by atoms with Crippen LogP contribution in [0.4, 0.5) is 0 Å². The summed E-state index contributed by atoms with van der Waals surface area (Å²) in [5.74, 6) is 1.01. The van der Waals surface area contributed by atoms with Crippen molar-refractivity contribution in [2.75, 3.05) is 0 Å². The summed E-state index contributed by atoms with van der Waals surface area (Å²) in [7, 11) is 0. The Labute approximate surface area is 116 Å². The van der Waals surface area contributed by atoms with Crippen molar-refractivity contribution in [1.29, 1.82) is 0 Å². The van der Waals surface area contributed by atoms with Crippen LogP contribution in [0.5, 0.6) is 5.75 Å². The summed E-state index contributed by atoms with van der Waals surface area (Å²) in [4.78, 5) is 0. The molecule has 19 heavy (non-hydrogen) atoms. The Morgan fingerprint density at radius 1 is 1.00 bits per heavy atom. The van der Waals surface area contributed by atoms with Crippen LogP contribution in [-0.4, -0.2) is 6.10 Å². The molecular formula is C17H25NO. The number of benzene rings is 1. The first-order chi connectivity index (χ1) is 9.26. The lowest BCUT2D eigenvalue weighted by atomic mass is 9.77. The lowest BCUT2D eigenvalue weighted by molar-refractivity contribution is 0.209. The van der Waals surface area contributed by atoms with Gasteiger partial charge in [0.1, 0.15) is 5.75 Å². The van der Waals surface area contributed by atoms with E-state index >= 15 is 0 Å². The maximum Gasteiger partial charge on any atom is 0.120 e. The van der Waals surface area contributed by atoms with Crippen LogP contribution in [0.1, 0.15) is 63.4 Å². The topological polar surface area (TPSA) is 35.2 Å². The van der Waals surface area contributed by atoms with Crippen molar-refractivity contribution in [3.05, 3.63) is 29.8 Å². The third-order valence-electron chi connectivity index (χ3n) is 4.76. The van der Waals surface area contributed by atoms with Crippen LogP contribution in [-0.2, 0) is 5.54 Å². The molecule has 1 aromatic carbocycles. The van der Waals surface area contributed by atoms with Crippen molar-refractivity contribution >= 4 is 0 Å². The summed E-state index contributed by atoms with van der Waals surface area (Å²) in [6.07, 6.45) is 11.5. The lowest BCUT2D eigenvalue weighted by Crippen LogP contribution is -2.38. The summed E-state index contributed by atoms with van der Waals surface area (Å²) in [5, 5.41) is 0. The van der Waals surface area contributed by atoms with E-state index in [9.17, 15) is 0 Å². The molecule has 0 saturated heterocycles. The van der Waals surface area contributed by atoms with Crippen molar-refractivity contribution in [3.8, 4) is 5.75 Å². The van der Waals surface area contributed by atoms with Gasteiger partial charge in [0.25, 0.3) is 0 Å². The fraction of sp³-hybridized carbons (Fsp3) is 0.647. The van der Waals surface area contributed by atoms with Crippen LogP contribution in [0.25, 0.3) is 0 Å². The SMILES string of the molecule is NC1(c2cccc(OC3CCCC3)c2)CCCCC1. The summed E-state index contributed by atoms with van der Waals surface area (Å²) in [6, 6.07) is 8.54. The van der Waals surface area contributed by atoms with E-state index in [2.05, 4.69) is 24.3 Å². The van der Waals surface area contributed by atoms with E-state index in [1.54, 1.807) is 0 Å². The Kier molecular flexibility index (Phi) is 3.79. The van der Waals surface area contributed by atoms with Gasteiger partial charge in [-0.2, -0.15) is 0 Å². The van der Waals surface area contributed by atoms with Crippen LogP contribution in [0.15, 0.2) is 24.3 Å². The Morgan fingerprint density at radius 3 is 2.47 bits per heavy atom. The predicted molar refractivity (Wildman–Crippen MR) is 78.3 cm³/mol. The molecular weight excluding hydrogens is 234 g/mol. The van der Waals surface area contributed by atoms with Gasteiger partial charge >= 0.3 is 0 Å². The zero-order valence-corrected chi connectivity index (χ0v) is 11.7. The highest BCUT2D eigenvalue weighted by atomic mass is 16.5. The maximum atomic E-state index is 6.60. The fourth-order valence-corrected chi connectivity index (χ4v) is 3.55. The predicted octanol–water partition coefficient (Wildman–Crippen LogP) is 4.13. The first kappa shape index (κ1) is 13.0. The minimum atomic E-state index is -0.118. The van der Waals surface area contributed by atoms with E-state index in [-0.39, 0.29) is 5.54 Å². The third-order valence-corrected chi connectivity index (χ3v) is 4.76. The van der Waals surface area contributed by atoms with Crippen molar-refractivity contribution in [2.45, 2.75) is 69.4 Å². The highest BCUT2D eigenvalue weighted by Gasteiger charge is 2.29. The van der Waals surface area contributed by atoms with Crippen molar-refractivity contribution < 1.29 is 4.74 Å². The van der Waals surface area contributed by atoms with Gasteiger partial charge in [-0.1, -0.05) is 31.4 Å². The molecule has 0 spiro atoms. The van der Waals surface area contributed by atoms with Gasteiger partial charge < -0.3 is 10.5 Å². The Bertz CT molecular complexity index is 417. The molecule has 0 bridgehead atoms. The average Bonchev–Trinajstić information content (AvgIpc) is 2.93. The molecule has 2 aliphatic rings. The van der Waals surface area contributed by atoms with E-state index in [1.165, 1.54) is 50.5 Å². The average molecular weight is 259 g/mol. The molecule has 0 aliphatic heterocycles. The van der Waals surface area contributed by atoms with E-state index in [0.29, 0.717) is 6.10 Å². The maximum absolute atomic E-state index is 6.60. The number of hydrogen-bond donors (Lipinski definition) is 1. The minimum absolute atomic E-state index is 0.118. The summed E-state index contributed by atoms with van der Waals surface area (Å²) < 4.78 is 6.10. The second-order valence-corrected chi connectivity index (χ2v) is 6.27. The summed E-state index contributed by atoms with van der Waals surface area (Å²) >= 11 is 0. The monoisotopic (exact) mass is 259 g/mol. The van der Waals surface area contributed by atoms with Crippen LogP contribution >= 0.6 is 0 Å². The fourth-order valence-electron chi connectivity index (χ4n) is 3.55. The number of ether oxygens (including phenoxy) is 1. The highest BCUT2D eigenvalue weighted by Crippen LogP contribution is 2.36. The summed E-state index contributed by atoms with van der Waals surface area (Å²) in [6.45, 7) is 0. The number of hydrogen-bond acceptors (Lipinski definition) is 2. The van der Waals surface area contributed by atoms with Crippen LogP contribution in [0.2, 0.25) is 0 Å². The van der Waals surface area contributed by atoms with E-state index in [0.717, 1.165) is 18.6 Å². The molecule has 2 N–H and O–H groups in total. The smallest absolute Gasteiger partial charge is 0.120 e. The van der Waals surface area contributed by atoms with Crippen LogP contribution in [0.3, 0.4) is 0 Å². The molecule has 0 atom stereocenters. The molecule has 2 aliphatic carbocycles. The second kappa shape index (κ2) is 5.54. The zero-order chi connectivity index (χ0) is 13.1. The van der Waals surface area contributed by atoms with Gasteiger partial charge in [0.2, 0.25) is 0 Å². The highest BCUT2D eigenvalue weighted by molar-refractivity contribution is 5.33. The van der Waals surface area contributed by atoms with Crippen molar-refractivity contribution in [2.24, 2.45) is 5.73 Å². The third kappa shape index (κ3) is 2.94. The Morgan fingerprint density at radius 2 is 1.74 bits per heavy atom.